The van der Waals surface area contributed by atoms with Crippen molar-refractivity contribution in [1.82, 2.24) is 0 Å². The standard InChI is InChI=1S/C12H17NO2/c1-7-4-8(2)11(12(14)15)5-10(7)9(3)6-13/h4-5,9H,6,13H2,1-3H3,(H,14,15). The average molecular weight is 207 g/mol. The molecule has 0 aliphatic heterocycles. The zero-order valence-electron chi connectivity index (χ0n) is 9.37. The minimum Gasteiger partial charge on any atom is -0.478 e. The maximum Gasteiger partial charge on any atom is 0.335 e. The summed E-state index contributed by atoms with van der Waals surface area (Å²) in [6.07, 6.45) is 0. The minimum absolute atomic E-state index is 0.198. The van der Waals surface area contributed by atoms with Gasteiger partial charge in [-0.3, -0.25) is 0 Å². The third-order valence-corrected chi connectivity index (χ3v) is 2.73. The lowest BCUT2D eigenvalue weighted by Crippen LogP contribution is -2.12. The molecule has 3 nitrogen and oxygen atoms in total. The molecule has 1 atom stereocenters. The number of benzene rings is 1. The molecule has 0 radical (unpaired) electrons. The molecule has 0 aliphatic rings. The van der Waals surface area contributed by atoms with Crippen LogP contribution in [0.1, 0.15) is 39.9 Å². The first kappa shape index (κ1) is 11.7. The Morgan fingerprint density at radius 2 is 2.00 bits per heavy atom. The van der Waals surface area contributed by atoms with Crippen LogP contribution in [0.15, 0.2) is 12.1 Å². The van der Waals surface area contributed by atoms with Gasteiger partial charge >= 0.3 is 5.97 Å². The van der Waals surface area contributed by atoms with Crippen LogP contribution in [0.3, 0.4) is 0 Å². The van der Waals surface area contributed by atoms with Gasteiger partial charge in [-0.25, -0.2) is 4.79 Å². The van der Waals surface area contributed by atoms with Gasteiger partial charge in [0, 0.05) is 0 Å². The highest BCUT2D eigenvalue weighted by Gasteiger charge is 2.13. The number of carboxylic acids is 1. The van der Waals surface area contributed by atoms with Gasteiger partial charge in [0.05, 0.1) is 5.56 Å². The summed E-state index contributed by atoms with van der Waals surface area (Å²) < 4.78 is 0. The first-order chi connectivity index (χ1) is 6.97. The number of hydrogen-bond donors (Lipinski definition) is 2. The summed E-state index contributed by atoms with van der Waals surface area (Å²) >= 11 is 0. The van der Waals surface area contributed by atoms with Crippen LogP contribution in [0, 0.1) is 13.8 Å². The van der Waals surface area contributed by atoms with Gasteiger partial charge in [-0.15, -0.1) is 0 Å². The van der Waals surface area contributed by atoms with Gasteiger partial charge in [-0.2, -0.15) is 0 Å². The van der Waals surface area contributed by atoms with Crippen LogP contribution in [0.2, 0.25) is 0 Å². The largest absolute Gasteiger partial charge is 0.478 e. The lowest BCUT2D eigenvalue weighted by Gasteiger charge is -2.14. The highest BCUT2D eigenvalue weighted by molar-refractivity contribution is 5.89. The van der Waals surface area contributed by atoms with Crippen LogP contribution in [-0.4, -0.2) is 17.6 Å². The van der Waals surface area contributed by atoms with E-state index >= 15 is 0 Å². The summed E-state index contributed by atoms with van der Waals surface area (Å²) in [4.78, 5) is 11.0. The molecule has 0 aromatic heterocycles. The van der Waals surface area contributed by atoms with Gasteiger partial charge in [0.15, 0.2) is 0 Å². The Bertz CT molecular complexity index is 385. The van der Waals surface area contributed by atoms with Crippen molar-refractivity contribution in [2.24, 2.45) is 5.73 Å². The molecule has 1 aromatic rings. The fraction of sp³-hybridized carbons (Fsp3) is 0.417. The Morgan fingerprint density at radius 3 is 2.47 bits per heavy atom. The fourth-order valence-corrected chi connectivity index (χ4v) is 1.76. The molecule has 1 unspecified atom stereocenters. The smallest absolute Gasteiger partial charge is 0.335 e. The Kier molecular flexibility index (Phi) is 3.48. The Labute approximate surface area is 89.9 Å². The number of aryl methyl sites for hydroxylation is 2. The third-order valence-electron chi connectivity index (χ3n) is 2.73. The van der Waals surface area contributed by atoms with Crippen molar-refractivity contribution >= 4 is 5.97 Å². The SMILES string of the molecule is Cc1cc(C)c(C(C)CN)cc1C(=O)O. The average Bonchev–Trinajstić information content (AvgIpc) is 2.16. The second kappa shape index (κ2) is 4.45. The van der Waals surface area contributed by atoms with Gasteiger partial charge in [0.1, 0.15) is 0 Å². The van der Waals surface area contributed by atoms with Gasteiger partial charge in [-0.05, 0) is 49.1 Å². The van der Waals surface area contributed by atoms with Gasteiger partial charge < -0.3 is 10.8 Å². The second-order valence-electron chi connectivity index (χ2n) is 3.97. The highest BCUT2D eigenvalue weighted by atomic mass is 16.4. The molecule has 0 saturated heterocycles. The summed E-state index contributed by atoms with van der Waals surface area (Å²) in [5, 5.41) is 9.00. The predicted molar refractivity (Wildman–Crippen MR) is 60.3 cm³/mol. The molecule has 1 rings (SSSR count). The highest BCUT2D eigenvalue weighted by Crippen LogP contribution is 2.22. The molecule has 3 heteroatoms. The zero-order chi connectivity index (χ0) is 11.6. The quantitative estimate of drug-likeness (QED) is 0.797. The van der Waals surface area contributed by atoms with Crippen molar-refractivity contribution in [2.45, 2.75) is 26.7 Å². The van der Waals surface area contributed by atoms with Crippen LogP contribution in [0.4, 0.5) is 0 Å². The van der Waals surface area contributed by atoms with Crippen molar-refractivity contribution in [2.75, 3.05) is 6.54 Å². The van der Waals surface area contributed by atoms with Gasteiger partial charge in [0.25, 0.3) is 0 Å². The Hall–Kier alpha value is -1.35. The molecule has 0 fully saturated rings. The number of hydrogen-bond acceptors (Lipinski definition) is 2. The first-order valence-electron chi connectivity index (χ1n) is 5.01. The van der Waals surface area contributed by atoms with Crippen molar-refractivity contribution in [3.05, 3.63) is 34.4 Å². The third kappa shape index (κ3) is 2.36. The van der Waals surface area contributed by atoms with E-state index in [0.29, 0.717) is 12.1 Å². The van der Waals surface area contributed by atoms with Crippen LogP contribution in [-0.2, 0) is 0 Å². The zero-order valence-corrected chi connectivity index (χ0v) is 9.37. The molecular weight excluding hydrogens is 190 g/mol. The predicted octanol–water partition coefficient (Wildman–Crippen LogP) is 2.06. The molecule has 3 N–H and O–H groups in total. The minimum atomic E-state index is -0.877. The second-order valence-corrected chi connectivity index (χ2v) is 3.97. The van der Waals surface area contributed by atoms with Crippen LogP contribution >= 0.6 is 0 Å². The molecule has 0 heterocycles. The Balaban J connectivity index is 3.29. The normalized spacial score (nSPS) is 12.5. The molecule has 0 aliphatic carbocycles. The van der Waals surface area contributed by atoms with Gasteiger partial charge in [-0.1, -0.05) is 13.0 Å². The maximum absolute atomic E-state index is 11.0. The van der Waals surface area contributed by atoms with E-state index in [1.165, 1.54) is 0 Å². The molecule has 0 bridgehead atoms. The van der Waals surface area contributed by atoms with E-state index in [9.17, 15) is 4.79 Å². The van der Waals surface area contributed by atoms with E-state index in [-0.39, 0.29) is 5.92 Å². The van der Waals surface area contributed by atoms with E-state index < -0.39 is 5.97 Å². The number of rotatable bonds is 3. The summed E-state index contributed by atoms with van der Waals surface area (Å²) in [5.41, 5.74) is 8.90. The molecule has 15 heavy (non-hydrogen) atoms. The van der Waals surface area contributed by atoms with Crippen LogP contribution in [0.25, 0.3) is 0 Å². The fourth-order valence-electron chi connectivity index (χ4n) is 1.76. The molecule has 1 aromatic carbocycles. The van der Waals surface area contributed by atoms with Crippen molar-refractivity contribution < 1.29 is 9.90 Å². The van der Waals surface area contributed by atoms with Crippen molar-refractivity contribution in [1.29, 1.82) is 0 Å². The Morgan fingerprint density at radius 1 is 1.40 bits per heavy atom. The molecule has 0 saturated carbocycles. The number of aromatic carboxylic acids is 1. The van der Waals surface area contributed by atoms with E-state index in [0.717, 1.165) is 16.7 Å². The van der Waals surface area contributed by atoms with E-state index in [2.05, 4.69) is 0 Å². The molecule has 82 valence electrons. The summed E-state index contributed by atoms with van der Waals surface area (Å²) in [6, 6.07) is 3.65. The maximum atomic E-state index is 11.0. The molecule has 0 spiro atoms. The van der Waals surface area contributed by atoms with E-state index in [4.69, 9.17) is 10.8 Å². The number of carboxylic acid groups (broad SMARTS) is 1. The van der Waals surface area contributed by atoms with Gasteiger partial charge in [0.2, 0.25) is 0 Å². The molecule has 0 amide bonds. The topological polar surface area (TPSA) is 63.3 Å². The van der Waals surface area contributed by atoms with Crippen LogP contribution < -0.4 is 5.73 Å². The number of nitrogens with two attached hydrogens (primary N) is 1. The first-order valence-corrected chi connectivity index (χ1v) is 5.01. The summed E-state index contributed by atoms with van der Waals surface area (Å²) in [7, 11) is 0. The monoisotopic (exact) mass is 207 g/mol. The lowest BCUT2D eigenvalue weighted by molar-refractivity contribution is 0.0696. The van der Waals surface area contributed by atoms with Crippen LogP contribution in [0.5, 0.6) is 0 Å². The molecular formula is C12H17NO2. The summed E-state index contributed by atoms with van der Waals surface area (Å²) in [6.45, 7) is 6.33. The van der Waals surface area contributed by atoms with E-state index in [1.54, 1.807) is 6.07 Å². The van der Waals surface area contributed by atoms with Crippen molar-refractivity contribution in [3.8, 4) is 0 Å². The van der Waals surface area contributed by atoms with E-state index in [1.807, 2.05) is 26.8 Å². The lowest BCUT2D eigenvalue weighted by atomic mass is 9.92. The summed E-state index contributed by atoms with van der Waals surface area (Å²) in [5.74, 6) is -0.679. The van der Waals surface area contributed by atoms with Crippen molar-refractivity contribution in [3.63, 3.8) is 0 Å². The number of carbonyl (C=O) groups is 1.